The van der Waals surface area contributed by atoms with Gasteiger partial charge in [-0.3, -0.25) is 9.98 Å². The van der Waals surface area contributed by atoms with E-state index in [2.05, 4.69) is 15.3 Å². The summed E-state index contributed by atoms with van der Waals surface area (Å²) in [4.78, 5) is 8.16. The van der Waals surface area contributed by atoms with Crippen molar-refractivity contribution < 1.29 is 4.65 Å². The third-order valence-electron chi connectivity index (χ3n) is 1.83. The molecule has 0 atom stereocenters. The highest BCUT2D eigenvalue weighted by atomic mass is 16.4. The van der Waals surface area contributed by atoms with Crippen molar-refractivity contribution in [3.8, 4) is 5.75 Å². The van der Waals surface area contributed by atoms with Crippen LogP contribution in [0.1, 0.15) is 6.92 Å². The van der Waals surface area contributed by atoms with Crippen LogP contribution in [0.4, 0.5) is 5.69 Å². The molecule has 14 heavy (non-hydrogen) atoms. The van der Waals surface area contributed by atoms with Crippen molar-refractivity contribution in [2.24, 2.45) is 4.99 Å². The second kappa shape index (κ2) is 3.96. The first kappa shape index (κ1) is 8.81. The Morgan fingerprint density at radius 3 is 3.36 bits per heavy atom. The minimum atomic E-state index is 0.503. The summed E-state index contributed by atoms with van der Waals surface area (Å²) < 4.78 is 5.55. The summed E-state index contributed by atoms with van der Waals surface area (Å²) in [6, 6.07) is 1.83. The Morgan fingerprint density at radius 2 is 2.43 bits per heavy atom. The Morgan fingerprint density at radius 1 is 1.50 bits per heavy atom. The standard InChI is InChI=1S/C9H10BN3O/c1-7-10-14-9-2-3-11-6-8(9)13-5-4-12-7/h2-6,10,13H,1H3/b5-4-,12-7+. The number of aliphatic imine (C=N–C) groups is 1. The van der Waals surface area contributed by atoms with Gasteiger partial charge in [-0.1, -0.05) is 0 Å². The van der Waals surface area contributed by atoms with E-state index in [0.717, 1.165) is 17.0 Å². The van der Waals surface area contributed by atoms with Crippen molar-refractivity contribution in [2.75, 3.05) is 5.32 Å². The van der Waals surface area contributed by atoms with Gasteiger partial charge in [0.05, 0.1) is 11.9 Å². The van der Waals surface area contributed by atoms with Crippen molar-refractivity contribution in [3.05, 3.63) is 30.9 Å². The van der Waals surface area contributed by atoms with E-state index in [1.807, 2.05) is 13.0 Å². The number of aromatic nitrogens is 1. The highest BCUT2D eigenvalue weighted by Crippen LogP contribution is 2.22. The number of nitrogens with zero attached hydrogens (tertiary/aromatic N) is 2. The van der Waals surface area contributed by atoms with Crippen molar-refractivity contribution in [2.45, 2.75) is 6.92 Å². The van der Waals surface area contributed by atoms with Crippen molar-refractivity contribution in [1.29, 1.82) is 0 Å². The van der Waals surface area contributed by atoms with E-state index in [0.29, 0.717) is 7.48 Å². The van der Waals surface area contributed by atoms with Crippen LogP contribution >= 0.6 is 0 Å². The first-order valence-corrected chi connectivity index (χ1v) is 4.38. The van der Waals surface area contributed by atoms with Gasteiger partial charge in [-0.05, 0) is 13.0 Å². The molecule has 1 N–H and O–H groups in total. The molecule has 0 spiro atoms. The first-order chi connectivity index (χ1) is 6.86. The first-order valence-electron chi connectivity index (χ1n) is 4.38. The SMILES string of the molecule is C/C1=N\C=C/Nc2cnccc2OB1. The monoisotopic (exact) mass is 187 g/mol. The number of hydrogen-bond donors (Lipinski definition) is 1. The number of fused-ring (bicyclic) bond motifs is 1. The topological polar surface area (TPSA) is 46.5 Å². The predicted octanol–water partition coefficient (Wildman–Crippen LogP) is 1.13. The minimum Gasteiger partial charge on any atom is -0.556 e. The Hall–Kier alpha value is -1.78. The number of hydrogen-bond acceptors (Lipinski definition) is 4. The van der Waals surface area contributed by atoms with E-state index in [1.54, 1.807) is 24.8 Å². The van der Waals surface area contributed by atoms with Crippen LogP contribution in [0.3, 0.4) is 0 Å². The van der Waals surface area contributed by atoms with Gasteiger partial charge in [0.1, 0.15) is 5.75 Å². The fourth-order valence-electron chi connectivity index (χ4n) is 1.13. The minimum absolute atomic E-state index is 0.503. The van der Waals surface area contributed by atoms with E-state index in [1.165, 1.54) is 0 Å². The molecule has 1 aliphatic heterocycles. The van der Waals surface area contributed by atoms with Gasteiger partial charge in [0.25, 0.3) is 0 Å². The average molecular weight is 187 g/mol. The molecule has 1 aromatic rings. The van der Waals surface area contributed by atoms with Crippen LogP contribution < -0.4 is 9.97 Å². The zero-order chi connectivity index (χ0) is 9.80. The largest absolute Gasteiger partial charge is 0.556 e. The summed E-state index contributed by atoms with van der Waals surface area (Å²) in [7, 11) is 0.503. The third-order valence-corrected chi connectivity index (χ3v) is 1.83. The van der Waals surface area contributed by atoms with Gasteiger partial charge in [0.15, 0.2) is 0 Å². The maximum Gasteiger partial charge on any atom is 0.388 e. The summed E-state index contributed by atoms with van der Waals surface area (Å²) in [5, 5.41) is 3.05. The number of pyridine rings is 1. The van der Waals surface area contributed by atoms with E-state index in [4.69, 9.17) is 4.65 Å². The van der Waals surface area contributed by atoms with Crippen LogP contribution in [0.15, 0.2) is 35.9 Å². The van der Waals surface area contributed by atoms with Crippen LogP contribution in [0.5, 0.6) is 5.75 Å². The van der Waals surface area contributed by atoms with Gasteiger partial charge in [-0.2, -0.15) is 0 Å². The normalized spacial score (nSPS) is 20.5. The second-order valence-corrected chi connectivity index (χ2v) is 2.98. The molecule has 0 aromatic carbocycles. The maximum absolute atomic E-state index is 5.55. The molecule has 2 heterocycles. The number of anilines is 1. The lowest BCUT2D eigenvalue weighted by atomic mass is 9.93. The Bertz CT molecular complexity index is 389. The molecule has 0 aliphatic carbocycles. The van der Waals surface area contributed by atoms with Crippen LogP contribution in [0.25, 0.3) is 0 Å². The molecule has 70 valence electrons. The quantitative estimate of drug-likeness (QED) is 0.619. The summed E-state index contributed by atoms with van der Waals surface area (Å²) in [6.07, 6.45) is 6.90. The lowest BCUT2D eigenvalue weighted by Crippen LogP contribution is -2.12. The fraction of sp³-hybridized carbons (Fsp3) is 0.111. The number of nitrogens with one attached hydrogen (secondary N) is 1. The highest BCUT2D eigenvalue weighted by Gasteiger charge is 2.05. The zero-order valence-corrected chi connectivity index (χ0v) is 7.90. The Kier molecular flexibility index (Phi) is 2.49. The van der Waals surface area contributed by atoms with Gasteiger partial charge >= 0.3 is 7.48 Å². The maximum atomic E-state index is 5.55. The number of rotatable bonds is 0. The molecule has 4 nitrogen and oxygen atoms in total. The van der Waals surface area contributed by atoms with E-state index < -0.39 is 0 Å². The molecule has 0 saturated heterocycles. The summed E-state index contributed by atoms with van der Waals surface area (Å²) in [5.74, 6) is 0.793. The molecule has 1 aliphatic rings. The molecule has 5 heteroatoms. The molecule has 0 unspecified atom stereocenters. The van der Waals surface area contributed by atoms with E-state index >= 15 is 0 Å². The Labute approximate surface area is 83.0 Å². The van der Waals surface area contributed by atoms with Crippen LogP contribution in [-0.4, -0.2) is 18.1 Å². The van der Waals surface area contributed by atoms with Crippen molar-refractivity contribution in [3.63, 3.8) is 0 Å². The van der Waals surface area contributed by atoms with Crippen LogP contribution in [-0.2, 0) is 0 Å². The smallest absolute Gasteiger partial charge is 0.388 e. The van der Waals surface area contributed by atoms with Crippen LogP contribution in [0.2, 0.25) is 0 Å². The molecule has 0 radical (unpaired) electrons. The molecule has 0 fully saturated rings. The molecule has 1 aromatic heterocycles. The molecule has 0 amide bonds. The van der Waals surface area contributed by atoms with E-state index in [-0.39, 0.29) is 0 Å². The van der Waals surface area contributed by atoms with Crippen molar-refractivity contribution in [1.82, 2.24) is 4.98 Å². The van der Waals surface area contributed by atoms with Gasteiger partial charge in [-0.15, -0.1) is 0 Å². The predicted molar refractivity (Wildman–Crippen MR) is 57.9 cm³/mol. The summed E-state index contributed by atoms with van der Waals surface area (Å²) in [5.41, 5.74) is 1.79. The van der Waals surface area contributed by atoms with Gasteiger partial charge in [-0.25, -0.2) is 0 Å². The third kappa shape index (κ3) is 1.93. The van der Waals surface area contributed by atoms with Gasteiger partial charge in [0, 0.05) is 24.2 Å². The van der Waals surface area contributed by atoms with Crippen LogP contribution in [0, 0.1) is 0 Å². The Balaban J connectivity index is 2.30. The lowest BCUT2D eigenvalue weighted by molar-refractivity contribution is 0.608. The average Bonchev–Trinajstić information content (AvgIpc) is 2.30. The second-order valence-electron chi connectivity index (χ2n) is 2.98. The molecular formula is C9H10BN3O. The molecule has 0 saturated carbocycles. The van der Waals surface area contributed by atoms with Crippen molar-refractivity contribution >= 4 is 18.8 Å². The molecular weight excluding hydrogens is 177 g/mol. The van der Waals surface area contributed by atoms with E-state index in [9.17, 15) is 0 Å². The summed E-state index contributed by atoms with van der Waals surface area (Å²) in [6.45, 7) is 1.93. The highest BCUT2D eigenvalue weighted by molar-refractivity contribution is 6.70. The molecule has 2 rings (SSSR count). The van der Waals surface area contributed by atoms with Gasteiger partial charge in [0.2, 0.25) is 0 Å². The molecule has 0 bridgehead atoms. The zero-order valence-electron chi connectivity index (χ0n) is 7.90. The van der Waals surface area contributed by atoms with Gasteiger partial charge < -0.3 is 9.97 Å². The lowest BCUT2D eigenvalue weighted by Gasteiger charge is -2.08. The fourth-order valence-corrected chi connectivity index (χ4v) is 1.13. The summed E-state index contributed by atoms with van der Waals surface area (Å²) >= 11 is 0.